The summed E-state index contributed by atoms with van der Waals surface area (Å²) in [5.74, 6) is -0.668. The van der Waals surface area contributed by atoms with Gasteiger partial charge in [0.1, 0.15) is 24.0 Å². The number of esters is 1. The standard InChI is InChI=1S/C19H17NO4/c1-3-23-19(22)17-10-16(13(2)21)15(11-20)9-18(17)24-12-14-7-5-4-6-8-14/h4-10H,3,12H2,1-2H3. The molecular formula is C19H17NO4. The number of nitrogens with zero attached hydrogens (tertiary/aromatic N) is 1. The number of Topliss-reactive ketones (excluding diaryl/α,β-unsaturated/α-hetero) is 1. The van der Waals surface area contributed by atoms with Crippen LogP contribution in [0.25, 0.3) is 0 Å². The van der Waals surface area contributed by atoms with E-state index >= 15 is 0 Å². The van der Waals surface area contributed by atoms with E-state index in [1.165, 1.54) is 19.1 Å². The molecule has 0 spiro atoms. The van der Waals surface area contributed by atoms with Gasteiger partial charge in [0.25, 0.3) is 0 Å². The third-order valence-corrected chi connectivity index (χ3v) is 3.35. The van der Waals surface area contributed by atoms with Crippen molar-refractivity contribution in [3.63, 3.8) is 0 Å². The van der Waals surface area contributed by atoms with Gasteiger partial charge in [-0.15, -0.1) is 0 Å². The van der Waals surface area contributed by atoms with Crippen molar-refractivity contribution in [2.75, 3.05) is 6.61 Å². The van der Waals surface area contributed by atoms with Crippen LogP contribution in [0.3, 0.4) is 0 Å². The summed E-state index contributed by atoms with van der Waals surface area (Å²) >= 11 is 0. The summed E-state index contributed by atoms with van der Waals surface area (Å²) < 4.78 is 10.7. The first-order valence-electron chi connectivity index (χ1n) is 7.49. The van der Waals surface area contributed by atoms with Crippen LogP contribution in [0.15, 0.2) is 42.5 Å². The average molecular weight is 323 g/mol. The van der Waals surface area contributed by atoms with Gasteiger partial charge in [-0.05, 0) is 31.5 Å². The van der Waals surface area contributed by atoms with E-state index in [1.807, 2.05) is 36.4 Å². The van der Waals surface area contributed by atoms with E-state index in [2.05, 4.69) is 0 Å². The van der Waals surface area contributed by atoms with Gasteiger partial charge < -0.3 is 9.47 Å². The zero-order valence-corrected chi connectivity index (χ0v) is 13.5. The maximum absolute atomic E-state index is 12.2. The van der Waals surface area contributed by atoms with Gasteiger partial charge in [-0.3, -0.25) is 4.79 Å². The van der Waals surface area contributed by atoms with E-state index in [9.17, 15) is 14.9 Å². The molecule has 0 aliphatic rings. The summed E-state index contributed by atoms with van der Waals surface area (Å²) in [5.41, 5.74) is 1.39. The molecule has 24 heavy (non-hydrogen) atoms. The molecule has 0 heterocycles. The van der Waals surface area contributed by atoms with Crippen LogP contribution in [0.4, 0.5) is 0 Å². The van der Waals surface area contributed by atoms with Gasteiger partial charge in [-0.1, -0.05) is 30.3 Å². The van der Waals surface area contributed by atoms with Crippen LogP contribution in [0, 0.1) is 11.3 Å². The molecular weight excluding hydrogens is 306 g/mol. The van der Waals surface area contributed by atoms with Gasteiger partial charge in [0.15, 0.2) is 5.78 Å². The molecule has 0 aromatic heterocycles. The lowest BCUT2D eigenvalue weighted by Gasteiger charge is -2.13. The molecule has 5 heteroatoms. The molecule has 2 rings (SSSR count). The van der Waals surface area contributed by atoms with Gasteiger partial charge in [0, 0.05) is 5.56 Å². The predicted molar refractivity (Wildman–Crippen MR) is 87.9 cm³/mol. The minimum atomic E-state index is -0.590. The molecule has 0 atom stereocenters. The Morgan fingerprint density at radius 3 is 2.42 bits per heavy atom. The number of carbonyl (C=O) groups excluding carboxylic acids is 2. The first-order chi connectivity index (χ1) is 11.6. The van der Waals surface area contributed by atoms with Crippen molar-refractivity contribution in [2.45, 2.75) is 20.5 Å². The molecule has 5 nitrogen and oxygen atoms in total. The molecule has 0 aliphatic carbocycles. The number of hydrogen-bond acceptors (Lipinski definition) is 5. The normalized spacial score (nSPS) is 9.88. The highest BCUT2D eigenvalue weighted by Gasteiger charge is 2.20. The second kappa shape index (κ2) is 7.93. The fourth-order valence-corrected chi connectivity index (χ4v) is 2.19. The van der Waals surface area contributed by atoms with Crippen LogP contribution >= 0.6 is 0 Å². The average Bonchev–Trinajstić information content (AvgIpc) is 2.60. The van der Waals surface area contributed by atoms with Gasteiger partial charge in [-0.25, -0.2) is 4.79 Å². The van der Waals surface area contributed by atoms with Gasteiger partial charge in [0.05, 0.1) is 12.2 Å². The van der Waals surface area contributed by atoms with Crippen LogP contribution in [-0.2, 0) is 11.3 Å². The Kier molecular flexibility index (Phi) is 5.69. The molecule has 0 amide bonds. The van der Waals surface area contributed by atoms with E-state index in [0.29, 0.717) is 0 Å². The summed E-state index contributed by atoms with van der Waals surface area (Å²) in [6, 6.07) is 14.2. The zero-order chi connectivity index (χ0) is 17.5. The van der Waals surface area contributed by atoms with Gasteiger partial charge >= 0.3 is 5.97 Å². The topological polar surface area (TPSA) is 76.4 Å². The highest BCUT2D eigenvalue weighted by Crippen LogP contribution is 2.26. The molecule has 0 N–H and O–H groups in total. The summed E-state index contributed by atoms with van der Waals surface area (Å²) in [6.07, 6.45) is 0. The van der Waals surface area contributed by atoms with Crippen molar-refractivity contribution in [2.24, 2.45) is 0 Å². The summed E-state index contributed by atoms with van der Waals surface area (Å²) in [4.78, 5) is 23.9. The number of ketones is 1. The van der Waals surface area contributed by atoms with Crippen molar-refractivity contribution >= 4 is 11.8 Å². The third-order valence-electron chi connectivity index (χ3n) is 3.35. The van der Waals surface area contributed by atoms with Gasteiger partial charge in [0.2, 0.25) is 0 Å². The molecule has 0 fully saturated rings. The lowest BCUT2D eigenvalue weighted by atomic mass is 10.0. The van der Waals surface area contributed by atoms with Crippen LogP contribution < -0.4 is 4.74 Å². The van der Waals surface area contributed by atoms with E-state index in [1.54, 1.807) is 6.92 Å². The van der Waals surface area contributed by atoms with Crippen molar-refractivity contribution in [3.8, 4) is 11.8 Å². The molecule has 0 saturated heterocycles. The fraction of sp³-hybridized carbons (Fsp3) is 0.211. The highest BCUT2D eigenvalue weighted by atomic mass is 16.5. The minimum absolute atomic E-state index is 0.136. The quantitative estimate of drug-likeness (QED) is 0.600. The maximum Gasteiger partial charge on any atom is 0.341 e. The number of ether oxygens (including phenoxy) is 2. The lowest BCUT2D eigenvalue weighted by molar-refractivity contribution is 0.0521. The lowest BCUT2D eigenvalue weighted by Crippen LogP contribution is -2.11. The summed E-state index contributed by atoms with van der Waals surface area (Å²) in [5, 5.41) is 9.24. The third kappa shape index (κ3) is 3.99. The van der Waals surface area contributed by atoms with Crippen molar-refractivity contribution in [3.05, 3.63) is 64.7 Å². The molecule has 0 saturated carbocycles. The van der Waals surface area contributed by atoms with E-state index in [-0.39, 0.29) is 41.4 Å². The molecule has 2 aromatic carbocycles. The first-order valence-corrected chi connectivity index (χ1v) is 7.49. The van der Waals surface area contributed by atoms with E-state index in [0.717, 1.165) is 5.56 Å². The van der Waals surface area contributed by atoms with Gasteiger partial charge in [-0.2, -0.15) is 5.26 Å². The number of benzene rings is 2. The molecule has 0 unspecified atom stereocenters. The molecule has 2 aromatic rings. The van der Waals surface area contributed by atoms with E-state index < -0.39 is 5.97 Å². The number of carbonyl (C=O) groups is 2. The fourth-order valence-electron chi connectivity index (χ4n) is 2.19. The minimum Gasteiger partial charge on any atom is -0.488 e. The maximum atomic E-state index is 12.2. The largest absolute Gasteiger partial charge is 0.488 e. The highest BCUT2D eigenvalue weighted by molar-refractivity contribution is 6.01. The Labute approximate surface area is 140 Å². The van der Waals surface area contributed by atoms with Crippen LogP contribution in [0.1, 0.15) is 45.7 Å². The Hall–Kier alpha value is -3.13. The number of hydrogen-bond donors (Lipinski definition) is 0. The predicted octanol–water partition coefficient (Wildman–Crippen LogP) is 3.52. The Morgan fingerprint density at radius 1 is 1.12 bits per heavy atom. The van der Waals surface area contributed by atoms with E-state index in [4.69, 9.17) is 9.47 Å². The Bertz CT molecular complexity index is 791. The van der Waals surface area contributed by atoms with Crippen molar-refractivity contribution < 1.29 is 19.1 Å². The van der Waals surface area contributed by atoms with Crippen LogP contribution in [0.5, 0.6) is 5.75 Å². The molecule has 122 valence electrons. The molecule has 0 aliphatic heterocycles. The molecule has 0 bridgehead atoms. The summed E-state index contributed by atoms with van der Waals surface area (Å²) in [6.45, 7) is 3.47. The SMILES string of the molecule is CCOC(=O)c1cc(C(C)=O)c(C#N)cc1OCc1ccccc1. The van der Waals surface area contributed by atoms with Crippen molar-refractivity contribution in [1.29, 1.82) is 5.26 Å². The molecule has 0 radical (unpaired) electrons. The van der Waals surface area contributed by atoms with Crippen LogP contribution in [-0.4, -0.2) is 18.4 Å². The number of rotatable bonds is 6. The second-order valence-electron chi connectivity index (χ2n) is 5.06. The summed E-state index contributed by atoms with van der Waals surface area (Å²) in [7, 11) is 0. The monoisotopic (exact) mass is 323 g/mol. The number of nitriles is 1. The Balaban J connectivity index is 2.41. The van der Waals surface area contributed by atoms with Crippen LogP contribution in [0.2, 0.25) is 0 Å². The second-order valence-corrected chi connectivity index (χ2v) is 5.06. The first kappa shape index (κ1) is 17.2. The van der Waals surface area contributed by atoms with Crippen molar-refractivity contribution in [1.82, 2.24) is 0 Å². The zero-order valence-electron chi connectivity index (χ0n) is 13.5. The Morgan fingerprint density at radius 2 is 1.83 bits per heavy atom. The smallest absolute Gasteiger partial charge is 0.341 e.